The molecule has 2 aromatic carbocycles. The van der Waals surface area contributed by atoms with E-state index >= 15 is 0 Å². The number of piperazine rings is 1. The molecule has 1 fully saturated rings. The lowest BCUT2D eigenvalue weighted by Crippen LogP contribution is -2.46. The number of hydrogen-bond donors (Lipinski definition) is 2. The molecule has 8 heteroatoms. The summed E-state index contributed by atoms with van der Waals surface area (Å²) < 4.78 is 28.8. The summed E-state index contributed by atoms with van der Waals surface area (Å²) in [5.74, 6) is 0. The van der Waals surface area contributed by atoms with Gasteiger partial charge in [-0.1, -0.05) is 43.2 Å². The fourth-order valence-corrected chi connectivity index (χ4v) is 5.00. The summed E-state index contributed by atoms with van der Waals surface area (Å²) in [5.41, 5.74) is 2.37. The molecule has 0 radical (unpaired) electrons. The Kier molecular flexibility index (Phi) is 9.07. The second kappa shape index (κ2) is 11.8. The molecule has 3 N–H and O–H groups in total. The summed E-state index contributed by atoms with van der Waals surface area (Å²) in [6.45, 7) is 5.47. The summed E-state index contributed by atoms with van der Waals surface area (Å²) in [6.07, 6.45) is 2.89. The van der Waals surface area contributed by atoms with Crippen LogP contribution in [0.25, 0.3) is 0 Å². The molecule has 32 heavy (non-hydrogen) atoms. The Bertz CT molecular complexity index is 945. The standard InChI is InChI=1S/C24H35N3O4S/c1-31-19-21-12-11-20(18-24(21)32(25,29)30)23(28)10-6-3-7-13-26-14-16-27(17-15-26)22-8-4-2-5-9-22/h2,4-5,8-9,11-12,18,23,28H,3,6-7,10,13-17,19H2,1H3,(H2,25,29,30). The molecule has 0 aromatic heterocycles. The van der Waals surface area contributed by atoms with Crippen molar-refractivity contribution in [3.05, 3.63) is 59.7 Å². The van der Waals surface area contributed by atoms with Gasteiger partial charge < -0.3 is 14.7 Å². The predicted octanol–water partition coefficient (Wildman–Crippen LogP) is 2.90. The lowest BCUT2D eigenvalue weighted by molar-refractivity contribution is 0.161. The van der Waals surface area contributed by atoms with Gasteiger partial charge in [-0.2, -0.15) is 0 Å². The molecule has 0 saturated carbocycles. The summed E-state index contributed by atoms with van der Waals surface area (Å²) in [6, 6.07) is 15.4. The highest BCUT2D eigenvalue weighted by Crippen LogP contribution is 2.25. The summed E-state index contributed by atoms with van der Waals surface area (Å²) in [4.78, 5) is 4.95. The fourth-order valence-electron chi connectivity index (χ4n) is 4.20. The molecule has 3 rings (SSSR count). The number of methoxy groups -OCH3 is 1. The van der Waals surface area contributed by atoms with Crippen LogP contribution in [-0.4, -0.2) is 58.3 Å². The number of sulfonamides is 1. The summed E-state index contributed by atoms with van der Waals surface area (Å²) in [7, 11) is -2.38. The number of primary sulfonamides is 1. The lowest BCUT2D eigenvalue weighted by Gasteiger charge is -2.36. The highest BCUT2D eigenvalue weighted by Gasteiger charge is 2.18. The number of unbranched alkanes of at least 4 members (excludes halogenated alkanes) is 2. The zero-order chi connectivity index (χ0) is 23.0. The van der Waals surface area contributed by atoms with Crippen LogP contribution in [-0.2, 0) is 21.4 Å². The Morgan fingerprint density at radius 1 is 1.03 bits per heavy atom. The zero-order valence-corrected chi connectivity index (χ0v) is 19.6. The zero-order valence-electron chi connectivity index (χ0n) is 18.8. The van der Waals surface area contributed by atoms with E-state index < -0.39 is 16.1 Å². The molecular formula is C24H35N3O4S. The van der Waals surface area contributed by atoms with Crippen molar-refractivity contribution in [1.29, 1.82) is 0 Å². The van der Waals surface area contributed by atoms with E-state index in [-0.39, 0.29) is 11.5 Å². The molecule has 1 aliphatic rings. The highest BCUT2D eigenvalue weighted by molar-refractivity contribution is 7.89. The Hall–Kier alpha value is -1.97. The number of ether oxygens (including phenoxy) is 1. The first-order chi connectivity index (χ1) is 15.4. The number of nitrogens with zero attached hydrogens (tertiary/aromatic N) is 2. The first-order valence-electron chi connectivity index (χ1n) is 11.2. The normalized spacial score (nSPS) is 16.3. The maximum atomic E-state index is 11.9. The van der Waals surface area contributed by atoms with Crippen LogP contribution in [0.2, 0.25) is 0 Å². The van der Waals surface area contributed by atoms with Crippen molar-refractivity contribution in [3.8, 4) is 0 Å². The minimum Gasteiger partial charge on any atom is -0.388 e. The van der Waals surface area contributed by atoms with Crippen LogP contribution in [0.15, 0.2) is 53.4 Å². The lowest BCUT2D eigenvalue weighted by atomic mass is 10.0. The van der Waals surface area contributed by atoms with E-state index in [1.54, 1.807) is 12.1 Å². The number of benzene rings is 2. The van der Waals surface area contributed by atoms with Crippen molar-refractivity contribution in [3.63, 3.8) is 0 Å². The third-order valence-electron chi connectivity index (χ3n) is 6.03. The van der Waals surface area contributed by atoms with E-state index in [0.29, 0.717) is 17.5 Å². The highest BCUT2D eigenvalue weighted by atomic mass is 32.2. The Labute approximate surface area is 191 Å². The number of hydrogen-bond acceptors (Lipinski definition) is 6. The minimum atomic E-state index is -3.88. The number of aliphatic hydroxyl groups excluding tert-OH is 1. The van der Waals surface area contributed by atoms with Gasteiger partial charge in [0.25, 0.3) is 0 Å². The molecule has 1 atom stereocenters. The van der Waals surface area contributed by atoms with Crippen LogP contribution >= 0.6 is 0 Å². The predicted molar refractivity (Wildman–Crippen MR) is 127 cm³/mol. The van der Waals surface area contributed by atoms with Crippen molar-refractivity contribution in [1.82, 2.24) is 4.90 Å². The van der Waals surface area contributed by atoms with Crippen molar-refractivity contribution in [2.75, 3.05) is 44.7 Å². The fraction of sp³-hybridized carbons (Fsp3) is 0.500. The van der Waals surface area contributed by atoms with Gasteiger partial charge in [0.1, 0.15) is 0 Å². The van der Waals surface area contributed by atoms with E-state index in [0.717, 1.165) is 52.0 Å². The van der Waals surface area contributed by atoms with Crippen LogP contribution in [0.4, 0.5) is 5.69 Å². The first-order valence-corrected chi connectivity index (χ1v) is 12.8. The largest absolute Gasteiger partial charge is 0.388 e. The number of anilines is 1. The van der Waals surface area contributed by atoms with Crippen LogP contribution < -0.4 is 10.0 Å². The summed E-state index contributed by atoms with van der Waals surface area (Å²) in [5, 5.41) is 15.9. The minimum absolute atomic E-state index is 0.0190. The molecule has 1 aliphatic heterocycles. The van der Waals surface area contributed by atoms with E-state index in [1.165, 1.54) is 18.9 Å². The third kappa shape index (κ3) is 7.02. The Balaban J connectivity index is 1.39. The number of para-hydroxylation sites is 1. The molecule has 7 nitrogen and oxygen atoms in total. The number of rotatable bonds is 11. The second-order valence-corrected chi connectivity index (χ2v) is 9.90. The average molecular weight is 462 g/mol. The van der Waals surface area contributed by atoms with Gasteiger partial charge in [-0.25, -0.2) is 13.6 Å². The van der Waals surface area contributed by atoms with E-state index in [4.69, 9.17) is 9.88 Å². The van der Waals surface area contributed by atoms with Gasteiger partial charge in [0.15, 0.2) is 0 Å². The smallest absolute Gasteiger partial charge is 0.238 e. The SMILES string of the molecule is COCc1ccc(C(O)CCCCCN2CCN(c3ccccc3)CC2)cc1S(N)(=O)=O. The molecule has 2 aromatic rings. The van der Waals surface area contributed by atoms with Gasteiger partial charge in [0, 0.05) is 39.0 Å². The molecular weight excluding hydrogens is 426 g/mol. The topological polar surface area (TPSA) is 96.1 Å². The molecule has 1 heterocycles. The molecule has 0 bridgehead atoms. The van der Waals surface area contributed by atoms with E-state index in [1.807, 2.05) is 6.07 Å². The average Bonchev–Trinajstić information content (AvgIpc) is 2.79. The molecule has 0 spiro atoms. The van der Waals surface area contributed by atoms with Gasteiger partial charge >= 0.3 is 0 Å². The first kappa shape index (κ1) is 24.7. The van der Waals surface area contributed by atoms with Crippen molar-refractivity contribution in [2.24, 2.45) is 5.14 Å². The van der Waals surface area contributed by atoms with E-state index in [2.05, 4.69) is 34.1 Å². The molecule has 176 valence electrons. The maximum Gasteiger partial charge on any atom is 0.238 e. The second-order valence-electron chi connectivity index (χ2n) is 8.37. The molecule has 0 aliphatic carbocycles. The van der Waals surface area contributed by atoms with Gasteiger partial charge in [0.2, 0.25) is 10.0 Å². The maximum absolute atomic E-state index is 11.9. The molecule has 1 unspecified atom stereocenters. The van der Waals surface area contributed by atoms with E-state index in [9.17, 15) is 13.5 Å². The van der Waals surface area contributed by atoms with Crippen LogP contribution in [0.5, 0.6) is 0 Å². The van der Waals surface area contributed by atoms with Crippen LogP contribution in [0.1, 0.15) is 42.9 Å². The quantitative estimate of drug-likeness (QED) is 0.500. The van der Waals surface area contributed by atoms with Gasteiger partial charge in [-0.15, -0.1) is 0 Å². The van der Waals surface area contributed by atoms with Crippen molar-refractivity contribution in [2.45, 2.75) is 43.3 Å². The monoisotopic (exact) mass is 461 g/mol. The van der Waals surface area contributed by atoms with Crippen LogP contribution in [0, 0.1) is 0 Å². The van der Waals surface area contributed by atoms with Crippen molar-refractivity contribution >= 4 is 15.7 Å². The summed E-state index contributed by atoms with van der Waals surface area (Å²) >= 11 is 0. The molecule has 0 amide bonds. The molecule has 1 saturated heterocycles. The number of aliphatic hydroxyl groups is 1. The third-order valence-corrected chi connectivity index (χ3v) is 7.02. The van der Waals surface area contributed by atoms with Gasteiger partial charge in [0.05, 0.1) is 17.6 Å². The van der Waals surface area contributed by atoms with Crippen LogP contribution in [0.3, 0.4) is 0 Å². The van der Waals surface area contributed by atoms with Gasteiger partial charge in [-0.05, 0) is 48.7 Å². The Morgan fingerprint density at radius 2 is 1.75 bits per heavy atom. The van der Waals surface area contributed by atoms with Crippen molar-refractivity contribution < 1.29 is 18.3 Å². The van der Waals surface area contributed by atoms with Gasteiger partial charge in [-0.3, -0.25) is 4.90 Å². The number of nitrogens with two attached hydrogens (primary N) is 1. The Morgan fingerprint density at radius 3 is 2.41 bits per heavy atom.